The smallest absolute Gasteiger partial charge is 0.328 e. The highest BCUT2D eigenvalue weighted by Gasteiger charge is 2.21. The fourth-order valence-electron chi connectivity index (χ4n) is 2.92. The third kappa shape index (κ3) is 10.3. The van der Waals surface area contributed by atoms with Gasteiger partial charge in [-0.2, -0.15) is 0 Å². The zero-order chi connectivity index (χ0) is 19.9. The van der Waals surface area contributed by atoms with E-state index in [-0.39, 0.29) is 17.3 Å². The second-order valence-corrected chi connectivity index (χ2v) is 6.61. The summed E-state index contributed by atoms with van der Waals surface area (Å²) in [6.45, 7) is 0. The summed E-state index contributed by atoms with van der Waals surface area (Å²) in [6, 6.07) is 0. The normalized spacial score (nSPS) is 14.7. The van der Waals surface area contributed by atoms with Crippen molar-refractivity contribution in [1.29, 1.82) is 0 Å². The number of hydrogen-bond donors (Lipinski definition) is 1. The summed E-state index contributed by atoms with van der Waals surface area (Å²) in [5.74, 6) is -1.11. The lowest BCUT2D eigenvalue weighted by molar-refractivity contribution is -0.131. The van der Waals surface area contributed by atoms with Gasteiger partial charge < -0.3 is 9.84 Å². The van der Waals surface area contributed by atoms with Crippen molar-refractivity contribution in [3.05, 3.63) is 47.8 Å². The lowest BCUT2D eigenvalue weighted by Crippen LogP contribution is -2.15. The van der Waals surface area contributed by atoms with Crippen LogP contribution in [0.2, 0.25) is 0 Å². The van der Waals surface area contributed by atoms with Crippen LogP contribution in [-0.4, -0.2) is 29.8 Å². The van der Waals surface area contributed by atoms with E-state index in [0.717, 1.165) is 38.2 Å². The summed E-state index contributed by atoms with van der Waals surface area (Å²) in [5, 5.41) is 8.44. The van der Waals surface area contributed by atoms with Gasteiger partial charge in [0.05, 0.1) is 7.11 Å². The van der Waals surface area contributed by atoms with Crippen molar-refractivity contribution in [2.45, 2.75) is 64.2 Å². The molecule has 0 amide bonds. The van der Waals surface area contributed by atoms with Crippen LogP contribution in [0.5, 0.6) is 0 Å². The largest absolute Gasteiger partial charge is 0.493 e. The Morgan fingerprint density at radius 2 is 1.59 bits per heavy atom. The number of hydrogen-bond acceptors (Lipinski definition) is 4. The van der Waals surface area contributed by atoms with Crippen molar-refractivity contribution in [2.24, 2.45) is 0 Å². The van der Waals surface area contributed by atoms with E-state index in [1.807, 2.05) is 6.08 Å². The molecule has 0 aliphatic heterocycles. The molecule has 1 N–H and O–H groups in total. The number of ketones is 2. The predicted molar refractivity (Wildman–Crippen MR) is 105 cm³/mol. The molecule has 0 atom stereocenters. The van der Waals surface area contributed by atoms with Crippen LogP contribution in [0.1, 0.15) is 64.2 Å². The Balaban J connectivity index is 1.98. The Kier molecular flexibility index (Phi) is 11.5. The van der Waals surface area contributed by atoms with Gasteiger partial charge in [0.1, 0.15) is 0 Å². The van der Waals surface area contributed by atoms with Gasteiger partial charge in [-0.15, -0.1) is 0 Å². The van der Waals surface area contributed by atoms with Gasteiger partial charge in [0.15, 0.2) is 11.5 Å². The van der Waals surface area contributed by atoms with Crippen molar-refractivity contribution < 1.29 is 24.2 Å². The molecule has 148 valence electrons. The van der Waals surface area contributed by atoms with E-state index in [9.17, 15) is 14.4 Å². The van der Waals surface area contributed by atoms with E-state index >= 15 is 0 Å². The molecule has 0 heterocycles. The van der Waals surface area contributed by atoms with E-state index in [1.54, 1.807) is 12.2 Å². The van der Waals surface area contributed by atoms with Crippen molar-refractivity contribution in [2.75, 3.05) is 7.11 Å². The second kappa shape index (κ2) is 13.7. The van der Waals surface area contributed by atoms with Crippen LogP contribution in [0.25, 0.3) is 0 Å². The van der Waals surface area contributed by atoms with Gasteiger partial charge in [0, 0.05) is 17.7 Å². The highest BCUT2D eigenvalue weighted by atomic mass is 16.5. The van der Waals surface area contributed by atoms with E-state index in [0.29, 0.717) is 12.0 Å². The second-order valence-electron chi connectivity index (χ2n) is 6.61. The lowest BCUT2D eigenvalue weighted by atomic mass is 9.96. The van der Waals surface area contributed by atoms with Gasteiger partial charge in [0.2, 0.25) is 5.78 Å². The maximum atomic E-state index is 12.0. The molecule has 27 heavy (non-hydrogen) atoms. The average molecular weight is 374 g/mol. The highest BCUT2D eigenvalue weighted by molar-refractivity contribution is 6.19. The van der Waals surface area contributed by atoms with E-state index in [1.165, 1.54) is 44.9 Å². The molecule has 0 spiro atoms. The topological polar surface area (TPSA) is 80.7 Å². The highest BCUT2D eigenvalue weighted by Crippen LogP contribution is 2.20. The number of carbonyl (C=O) groups excluding carboxylic acids is 2. The number of carbonyl (C=O) groups is 3. The van der Waals surface area contributed by atoms with Gasteiger partial charge in [-0.1, -0.05) is 56.8 Å². The Morgan fingerprint density at radius 1 is 0.963 bits per heavy atom. The average Bonchev–Trinajstić information content (AvgIpc) is 2.64. The molecule has 0 fully saturated rings. The zero-order valence-corrected chi connectivity index (χ0v) is 16.1. The number of carboxylic acids is 1. The van der Waals surface area contributed by atoms with Gasteiger partial charge in [0.25, 0.3) is 0 Å². The standard InChI is InChI=1S/C22H30O5/c1-27-20-17-19(23)16-18(22(20)26)14-12-10-8-6-4-2-3-5-7-9-11-13-15-21(24)25/h9,11,13,15-17H,2-8,10,12,14H2,1H3,(H,24,25). The molecule has 1 aliphatic rings. The summed E-state index contributed by atoms with van der Waals surface area (Å²) in [6.07, 6.45) is 19.7. The third-order valence-corrected chi connectivity index (χ3v) is 4.38. The number of rotatable bonds is 14. The minimum Gasteiger partial charge on any atom is -0.493 e. The third-order valence-electron chi connectivity index (χ3n) is 4.38. The van der Waals surface area contributed by atoms with Gasteiger partial charge >= 0.3 is 5.97 Å². The van der Waals surface area contributed by atoms with E-state index < -0.39 is 5.97 Å². The van der Waals surface area contributed by atoms with Crippen LogP contribution in [-0.2, 0) is 19.1 Å². The molecule has 0 aromatic carbocycles. The molecule has 0 bridgehead atoms. The number of ether oxygens (including phenoxy) is 1. The van der Waals surface area contributed by atoms with Crippen molar-refractivity contribution in [3.8, 4) is 0 Å². The van der Waals surface area contributed by atoms with Crippen molar-refractivity contribution >= 4 is 17.5 Å². The zero-order valence-electron chi connectivity index (χ0n) is 16.1. The molecule has 1 rings (SSSR count). The molecule has 0 aromatic heterocycles. The van der Waals surface area contributed by atoms with Crippen LogP contribution >= 0.6 is 0 Å². The van der Waals surface area contributed by atoms with E-state index in [2.05, 4.69) is 0 Å². The molecule has 1 aliphatic carbocycles. The first-order chi connectivity index (χ1) is 13.0. The molecule has 0 aromatic rings. The van der Waals surface area contributed by atoms with Crippen molar-refractivity contribution in [1.82, 2.24) is 0 Å². The number of Topliss-reactive ketones (excluding diaryl/α,β-unsaturated/α-hetero) is 1. The van der Waals surface area contributed by atoms with Crippen LogP contribution < -0.4 is 0 Å². The minimum atomic E-state index is -0.924. The molecule has 5 nitrogen and oxygen atoms in total. The van der Waals surface area contributed by atoms with Gasteiger partial charge in [-0.3, -0.25) is 9.59 Å². The molecule has 0 unspecified atom stereocenters. The fraction of sp³-hybridized carbons (Fsp3) is 0.500. The summed E-state index contributed by atoms with van der Waals surface area (Å²) in [7, 11) is 1.41. The summed E-state index contributed by atoms with van der Waals surface area (Å²) in [5.41, 5.74) is 0.561. The van der Waals surface area contributed by atoms with Crippen LogP contribution in [0.3, 0.4) is 0 Å². The van der Waals surface area contributed by atoms with Crippen LogP contribution in [0.15, 0.2) is 47.8 Å². The maximum Gasteiger partial charge on any atom is 0.328 e. The number of aliphatic carboxylic acids is 1. The number of allylic oxidation sites excluding steroid dienone is 6. The maximum absolute atomic E-state index is 12.0. The quantitative estimate of drug-likeness (QED) is 0.206. The Bertz CT molecular complexity index is 623. The fourth-order valence-corrected chi connectivity index (χ4v) is 2.92. The lowest BCUT2D eigenvalue weighted by Gasteiger charge is -2.12. The molecule has 0 saturated heterocycles. The monoisotopic (exact) mass is 374 g/mol. The van der Waals surface area contributed by atoms with Gasteiger partial charge in [-0.05, 0) is 31.8 Å². The first-order valence-corrected chi connectivity index (χ1v) is 9.65. The summed E-state index contributed by atoms with van der Waals surface area (Å²) in [4.78, 5) is 33.8. The minimum absolute atomic E-state index is 0.144. The summed E-state index contributed by atoms with van der Waals surface area (Å²) < 4.78 is 4.95. The van der Waals surface area contributed by atoms with Crippen LogP contribution in [0.4, 0.5) is 0 Å². The van der Waals surface area contributed by atoms with Crippen LogP contribution in [0, 0.1) is 0 Å². The number of unbranched alkanes of at least 4 members (excludes halogenated alkanes) is 8. The first kappa shape index (κ1) is 22.6. The molecule has 0 radical (unpaired) electrons. The Hall–Kier alpha value is -2.43. The number of methoxy groups -OCH3 is 1. The Labute approximate surface area is 161 Å². The van der Waals surface area contributed by atoms with Gasteiger partial charge in [-0.25, -0.2) is 4.79 Å². The SMILES string of the molecule is COC1=CC(=O)C=C(CCCCCCCCCCC=CC=CC(=O)O)C1=O. The number of carboxylic acid groups (broad SMARTS) is 1. The summed E-state index contributed by atoms with van der Waals surface area (Å²) >= 11 is 0. The van der Waals surface area contributed by atoms with Crippen molar-refractivity contribution in [3.63, 3.8) is 0 Å². The molecular formula is C22H30O5. The molecular weight excluding hydrogens is 344 g/mol. The molecule has 0 saturated carbocycles. The molecule has 5 heteroatoms. The first-order valence-electron chi connectivity index (χ1n) is 9.65. The predicted octanol–water partition coefficient (Wildman–Crippen LogP) is 4.69. The Morgan fingerprint density at radius 3 is 2.22 bits per heavy atom. The van der Waals surface area contributed by atoms with E-state index in [4.69, 9.17) is 9.84 Å².